The molecule has 56 heavy (non-hydrogen) atoms. The van der Waals surface area contributed by atoms with Crippen LogP contribution in [-0.4, -0.2) is 49.5 Å². The zero-order valence-electron chi connectivity index (χ0n) is 30.5. The minimum Gasteiger partial charge on any atom is -0.462 e. The van der Waals surface area contributed by atoms with Gasteiger partial charge in [0, 0.05) is 49.0 Å². The van der Waals surface area contributed by atoms with Gasteiger partial charge in [-0.15, -0.1) is 0 Å². The largest absolute Gasteiger partial charge is 0.462 e. The number of carbonyl (C=O) groups is 4. The summed E-state index contributed by atoms with van der Waals surface area (Å²) < 4.78 is 14.9. The second-order valence-corrected chi connectivity index (χ2v) is 13.2. The third-order valence-corrected chi connectivity index (χ3v) is 9.43. The van der Waals surface area contributed by atoms with E-state index in [1.54, 1.807) is 120 Å². The van der Waals surface area contributed by atoms with E-state index in [4.69, 9.17) is 14.5 Å². The summed E-state index contributed by atoms with van der Waals surface area (Å²) in [7, 11) is 3.60. The van der Waals surface area contributed by atoms with Crippen LogP contribution in [0.2, 0.25) is 0 Å². The Morgan fingerprint density at radius 3 is 1.89 bits per heavy atom. The maximum atomic E-state index is 14.0. The summed E-state index contributed by atoms with van der Waals surface area (Å²) in [5.41, 5.74) is 6.44. The van der Waals surface area contributed by atoms with Gasteiger partial charge in [-0.1, -0.05) is 0 Å². The molecule has 0 spiro atoms. The number of hydrogen-bond acceptors (Lipinski definition) is 9. The van der Waals surface area contributed by atoms with E-state index in [1.807, 2.05) is 31.4 Å². The Labute approximate surface area is 320 Å². The summed E-state index contributed by atoms with van der Waals surface area (Å²) in [6.07, 6.45) is 3.60. The Bertz CT molecular complexity index is 2640. The summed E-state index contributed by atoms with van der Waals surface area (Å²) in [4.78, 5) is 60.1. The Balaban J connectivity index is 1.04. The number of amides is 2. The number of aromatic nitrogens is 4. The highest BCUT2D eigenvalue weighted by Crippen LogP contribution is 2.42. The van der Waals surface area contributed by atoms with Gasteiger partial charge in [0.1, 0.15) is 17.2 Å². The zero-order valence-corrected chi connectivity index (χ0v) is 30.5. The number of anilines is 4. The second kappa shape index (κ2) is 14.3. The lowest BCUT2D eigenvalue weighted by molar-refractivity contribution is 0.00685. The molecular formula is C42H36N8O6. The topological polar surface area (TPSA) is 173 Å². The van der Waals surface area contributed by atoms with Crippen molar-refractivity contribution in [1.82, 2.24) is 19.1 Å². The van der Waals surface area contributed by atoms with Crippen LogP contribution in [0.1, 0.15) is 54.2 Å². The maximum absolute atomic E-state index is 14.0. The summed E-state index contributed by atoms with van der Waals surface area (Å²) in [6, 6.07) is 31.2. The Morgan fingerprint density at radius 2 is 1.29 bits per heavy atom. The molecule has 280 valence electrons. The Hall–Kier alpha value is -7.61. The standard InChI is InChI=1S/C42H36N8O6/c1-4-55-40(53)26-12-20-32-34(24-26)48-42(47-32,28-13-17-30(18-14-28)44-39(52)36-8-6-22-50(36)3)56-41(54)27-11-19-31-33(23-27)46-37(45-31)25-9-15-29(16-10-25)43-38(51)35-7-5-21-49(35)2/h5-24,47-48H,4H2,1-3H3,(H,43,51)(H,44,52)(H,45,46). The molecular weight excluding hydrogens is 713 g/mol. The number of rotatable bonds is 10. The number of esters is 2. The molecule has 0 bridgehead atoms. The molecule has 1 aliphatic heterocycles. The number of aryl methyl sites for hydroxylation is 2. The lowest BCUT2D eigenvalue weighted by atomic mass is 10.1. The fraction of sp³-hybridized carbons (Fsp3) is 0.119. The highest BCUT2D eigenvalue weighted by atomic mass is 16.6. The van der Waals surface area contributed by atoms with Gasteiger partial charge < -0.3 is 44.9 Å². The van der Waals surface area contributed by atoms with E-state index in [9.17, 15) is 19.2 Å². The molecule has 8 rings (SSSR count). The van der Waals surface area contributed by atoms with E-state index in [-0.39, 0.29) is 24.0 Å². The number of nitrogens with zero attached hydrogens (tertiary/aromatic N) is 3. The van der Waals surface area contributed by atoms with Crippen molar-refractivity contribution in [2.24, 2.45) is 14.1 Å². The highest BCUT2D eigenvalue weighted by Gasteiger charge is 2.43. The van der Waals surface area contributed by atoms with Crippen molar-refractivity contribution in [3.63, 3.8) is 0 Å². The van der Waals surface area contributed by atoms with Crippen LogP contribution in [0, 0.1) is 0 Å². The molecule has 2 amide bonds. The molecule has 3 aromatic heterocycles. The highest BCUT2D eigenvalue weighted by molar-refractivity contribution is 6.04. The quantitative estimate of drug-likeness (QED) is 0.0916. The first kappa shape index (κ1) is 35.4. The molecule has 1 atom stereocenters. The second-order valence-electron chi connectivity index (χ2n) is 13.2. The van der Waals surface area contributed by atoms with Gasteiger partial charge in [0.15, 0.2) is 0 Å². The van der Waals surface area contributed by atoms with Crippen molar-refractivity contribution < 1.29 is 28.7 Å². The summed E-state index contributed by atoms with van der Waals surface area (Å²) in [6.45, 7) is 1.95. The van der Waals surface area contributed by atoms with Crippen LogP contribution in [0.5, 0.6) is 0 Å². The van der Waals surface area contributed by atoms with Gasteiger partial charge in [-0.3, -0.25) is 9.59 Å². The van der Waals surface area contributed by atoms with Crippen LogP contribution in [0.3, 0.4) is 0 Å². The van der Waals surface area contributed by atoms with Crippen molar-refractivity contribution in [3.05, 3.63) is 150 Å². The predicted molar refractivity (Wildman–Crippen MR) is 211 cm³/mol. The first-order valence-corrected chi connectivity index (χ1v) is 17.8. The SMILES string of the molecule is CCOC(=O)c1ccc2c(c1)NC(OC(=O)c1ccc3nc(-c4ccc(NC(=O)c5cccn5C)cc4)[nH]c3c1)(c1ccc(NC(=O)c3cccn3C)cc1)N2. The molecule has 0 saturated carbocycles. The zero-order chi connectivity index (χ0) is 39.0. The number of aromatic amines is 1. The number of benzene rings is 4. The lowest BCUT2D eigenvalue weighted by Gasteiger charge is -2.30. The number of hydrogen-bond donors (Lipinski definition) is 5. The molecule has 1 aliphatic rings. The summed E-state index contributed by atoms with van der Waals surface area (Å²) >= 11 is 0. The van der Waals surface area contributed by atoms with E-state index < -0.39 is 17.8 Å². The molecule has 0 fully saturated rings. The molecule has 5 N–H and O–H groups in total. The van der Waals surface area contributed by atoms with Crippen LogP contribution < -0.4 is 21.3 Å². The number of H-pyrrole nitrogens is 1. The summed E-state index contributed by atoms with van der Waals surface area (Å²) in [5.74, 6) is -2.65. The van der Waals surface area contributed by atoms with Gasteiger partial charge in [0.05, 0.1) is 40.1 Å². The average molecular weight is 749 g/mol. The van der Waals surface area contributed by atoms with E-state index in [0.29, 0.717) is 62.1 Å². The number of carbonyl (C=O) groups excluding carboxylic acids is 4. The Morgan fingerprint density at radius 1 is 0.696 bits per heavy atom. The number of imidazole rings is 1. The van der Waals surface area contributed by atoms with Gasteiger partial charge >= 0.3 is 11.9 Å². The van der Waals surface area contributed by atoms with Crippen molar-refractivity contribution in [3.8, 4) is 11.4 Å². The molecule has 7 aromatic rings. The van der Waals surface area contributed by atoms with Crippen molar-refractivity contribution in [2.45, 2.75) is 12.8 Å². The van der Waals surface area contributed by atoms with Crippen molar-refractivity contribution in [1.29, 1.82) is 0 Å². The molecule has 4 aromatic carbocycles. The normalized spacial score (nSPS) is 14.3. The van der Waals surface area contributed by atoms with Crippen LogP contribution in [0.4, 0.5) is 22.7 Å². The first-order valence-electron chi connectivity index (χ1n) is 17.8. The molecule has 0 saturated heterocycles. The van der Waals surface area contributed by atoms with E-state index in [0.717, 1.165) is 5.56 Å². The van der Waals surface area contributed by atoms with Crippen molar-refractivity contribution in [2.75, 3.05) is 27.9 Å². The van der Waals surface area contributed by atoms with Gasteiger partial charge in [-0.05, 0) is 116 Å². The van der Waals surface area contributed by atoms with Crippen LogP contribution in [0.15, 0.2) is 122 Å². The van der Waals surface area contributed by atoms with E-state index in [2.05, 4.69) is 26.3 Å². The van der Waals surface area contributed by atoms with Gasteiger partial charge in [-0.2, -0.15) is 0 Å². The lowest BCUT2D eigenvalue weighted by Crippen LogP contribution is -2.43. The minimum atomic E-state index is -1.60. The first-order chi connectivity index (χ1) is 27.1. The van der Waals surface area contributed by atoms with E-state index >= 15 is 0 Å². The number of fused-ring (bicyclic) bond motifs is 2. The van der Waals surface area contributed by atoms with Crippen LogP contribution in [-0.2, 0) is 29.4 Å². The molecule has 1 unspecified atom stereocenters. The Kier molecular flexibility index (Phi) is 9.06. The molecule has 14 nitrogen and oxygen atoms in total. The third-order valence-electron chi connectivity index (χ3n) is 9.43. The smallest absolute Gasteiger partial charge is 0.341 e. The number of ether oxygens (including phenoxy) is 2. The van der Waals surface area contributed by atoms with Crippen molar-refractivity contribution >= 4 is 57.5 Å². The molecule has 0 aliphatic carbocycles. The fourth-order valence-electron chi connectivity index (χ4n) is 6.52. The number of nitrogens with one attached hydrogen (secondary N) is 5. The van der Waals surface area contributed by atoms with Crippen LogP contribution in [0.25, 0.3) is 22.4 Å². The molecule has 4 heterocycles. The van der Waals surface area contributed by atoms with Gasteiger partial charge in [0.2, 0.25) is 0 Å². The fourth-order valence-corrected chi connectivity index (χ4v) is 6.52. The average Bonchev–Trinajstić information content (AvgIpc) is 4.00. The predicted octanol–water partition coefficient (Wildman–Crippen LogP) is 7.09. The summed E-state index contributed by atoms with van der Waals surface area (Å²) in [5, 5.41) is 12.4. The minimum absolute atomic E-state index is 0.215. The third kappa shape index (κ3) is 6.82. The van der Waals surface area contributed by atoms with Crippen LogP contribution >= 0.6 is 0 Å². The van der Waals surface area contributed by atoms with Gasteiger partial charge in [-0.25, -0.2) is 14.6 Å². The maximum Gasteiger partial charge on any atom is 0.341 e. The van der Waals surface area contributed by atoms with E-state index in [1.165, 1.54) is 0 Å². The molecule has 14 heteroatoms. The van der Waals surface area contributed by atoms with Gasteiger partial charge in [0.25, 0.3) is 17.7 Å². The molecule has 0 radical (unpaired) electrons. The monoisotopic (exact) mass is 748 g/mol.